The molecule has 2 aromatic heterocycles. The minimum absolute atomic E-state index is 0.0230. The predicted octanol–water partition coefficient (Wildman–Crippen LogP) is 0.0756. The van der Waals surface area contributed by atoms with E-state index in [2.05, 4.69) is 20.4 Å². The molecule has 0 spiro atoms. The monoisotopic (exact) mass is 389 g/mol. The van der Waals surface area contributed by atoms with Crippen molar-refractivity contribution in [2.45, 2.75) is 6.04 Å². The van der Waals surface area contributed by atoms with Crippen LogP contribution in [-0.2, 0) is 4.74 Å². The molecule has 2 aromatic rings. The third-order valence-corrected chi connectivity index (χ3v) is 4.88. The molecule has 0 aromatic carbocycles. The Kier molecular flexibility index (Phi) is 6.10. The van der Waals surface area contributed by atoms with Crippen molar-refractivity contribution in [2.75, 3.05) is 61.0 Å². The number of fused-ring (bicyclic) bond motifs is 1. The van der Waals surface area contributed by atoms with Gasteiger partial charge in [-0.1, -0.05) is 0 Å². The van der Waals surface area contributed by atoms with E-state index in [-0.39, 0.29) is 18.0 Å². The summed E-state index contributed by atoms with van der Waals surface area (Å²) in [4.78, 5) is 30.3. The lowest BCUT2D eigenvalue weighted by molar-refractivity contribution is 0.0931. The fourth-order valence-corrected chi connectivity index (χ4v) is 3.25. The number of aromatic nitrogens is 3. The molecular formula is C18H27N7O3. The maximum atomic E-state index is 12.4. The second-order valence-electron chi connectivity index (χ2n) is 7.07. The number of pyridine rings is 1. The van der Waals surface area contributed by atoms with Gasteiger partial charge in [-0.3, -0.25) is 14.1 Å². The molecule has 3 rings (SSSR count). The third-order valence-electron chi connectivity index (χ3n) is 4.88. The molecule has 1 saturated heterocycles. The fourth-order valence-electron chi connectivity index (χ4n) is 3.25. The number of ether oxygens (including phenoxy) is 1. The number of carbonyl (C=O) groups excluding carboxylic acids is 2. The summed E-state index contributed by atoms with van der Waals surface area (Å²) in [6.07, 6.45) is 1.74. The van der Waals surface area contributed by atoms with Crippen LogP contribution in [0.3, 0.4) is 0 Å². The number of likely N-dealkylation sites (N-methyl/N-ethyl adjacent to an activating group) is 1. The van der Waals surface area contributed by atoms with E-state index < -0.39 is 0 Å². The van der Waals surface area contributed by atoms with Crippen molar-refractivity contribution in [3.05, 3.63) is 29.7 Å². The zero-order valence-electron chi connectivity index (χ0n) is 16.8. The van der Waals surface area contributed by atoms with Gasteiger partial charge in [-0.05, 0) is 19.2 Å². The summed E-state index contributed by atoms with van der Waals surface area (Å²) in [6, 6.07) is 3.36. The first-order valence-electron chi connectivity index (χ1n) is 9.20. The number of methoxy groups -OCH3 is 1. The van der Waals surface area contributed by atoms with Crippen LogP contribution in [0, 0.1) is 0 Å². The molecule has 0 radical (unpaired) electrons. The van der Waals surface area contributed by atoms with Gasteiger partial charge in [-0.2, -0.15) is 0 Å². The number of hydrogen-bond donors (Lipinski definition) is 1. The first kappa shape index (κ1) is 20.0. The number of nitrogens with one attached hydrogen (secondary N) is 1. The van der Waals surface area contributed by atoms with Gasteiger partial charge >= 0.3 is 6.03 Å². The maximum absolute atomic E-state index is 12.4. The topological polar surface area (TPSA) is 95.3 Å². The van der Waals surface area contributed by atoms with Crippen molar-refractivity contribution in [2.24, 2.45) is 0 Å². The molecule has 152 valence electrons. The van der Waals surface area contributed by atoms with Gasteiger partial charge in [0, 0.05) is 53.6 Å². The Balaban J connectivity index is 1.86. The van der Waals surface area contributed by atoms with Crippen LogP contribution < -0.4 is 5.32 Å². The summed E-state index contributed by atoms with van der Waals surface area (Å²) < 4.78 is 6.79. The molecule has 10 nitrogen and oxygen atoms in total. The summed E-state index contributed by atoms with van der Waals surface area (Å²) in [6.45, 7) is 2.80. The number of nitrogens with zero attached hydrogens (tertiary/aromatic N) is 6. The van der Waals surface area contributed by atoms with E-state index in [9.17, 15) is 9.59 Å². The largest absolute Gasteiger partial charge is 0.383 e. The van der Waals surface area contributed by atoms with Crippen LogP contribution in [0.4, 0.5) is 4.79 Å². The zero-order chi connectivity index (χ0) is 20.3. The summed E-state index contributed by atoms with van der Waals surface area (Å²) in [7, 11) is 7.09. The van der Waals surface area contributed by atoms with Crippen LogP contribution >= 0.6 is 0 Å². The van der Waals surface area contributed by atoms with E-state index in [1.54, 1.807) is 44.4 Å². The number of piperazine rings is 1. The highest BCUT2D eigenvalue weighted by Crippen LogP contribution is 2.24. The lowest BCUT2D eigenvalue weighted by Gasteiger charge is -2.39. The molecule has 1 atom stereocenters. The maximum Gasteiger partial charge on any atom is 0.319 e. The highest BCUT2D eigenvalue weighted by Gasteiger charge is 2.32. The lowest BCUT2D eigenvalue weighted by Crippen LogP contribution is -2.52. The van der Waals surface area contributed by atoms with Crippen LogP contribution in [0.1, 0.15) is 22.2 Å². The molecule has 0 bridgehead atoms. The van der Waals surface area contributed by atoms with E-state index in [0.29, 0.717) is 43.3 Å². The first-order valence-corrected chi connectivity index (χ1v) is 9.20. The van der Waals surface area contributed by atoms with Crippen LogP contribution in [0.5, 0.6) is 0 Å². The molecule has 0 aliphatic carbocycles. The fraction of sp³-hybridized carbons (Fsp3) is 0.556. The molecule has 0 saturated carbocycles. The van der Waals surface area contributed by atoms with E-state index in [1.165, 1.54) is 0 Å². The second kappa shape index (κ2) is 8.53. The normalized spacial score (nSPS) is 17.7. The van der Waals surface area contributed by atoms with Crippen molar-refractivity contribution < 1.29 is 14.3 Å². The number of carbonyl (C=O) groups is 2. The van der Waals surface area contributed by atoms with Gasteiger partial charge in [0.1, 0.15) is 0 Å². The van der Waals surface area contributed by atoms with E-state index in [4.69, 9.17) is 4.74 Å². The predicted molar refractivity (Wildman–Crippen MR) is 103 cm³/mol. The van der Waals surface area contributed by atoms with Gasteiger partial charge in [-0.25, -0.2) is 4.79 Å². The standard InChI is InChI=1S/C18H27N7O3/c1-22(2)18(27)24-9-8-23(3)14(12-24)16-21-20-15-6-5-13(11-25(15)16)17(26)19-7-10-28-4/h5-6,11,14H,7-10,12H2,1-4H3,(H,19,26)/t14-/m1/s1. The van der Waals surface area contributed by atoms with Crippen molar-refractivity contribution >= 4 is 17.6 Å². The van der Waals surface area contributed by atoms with E-state index >= 15 is 0 Å². The molecule has 10 heteroatoms. The Bertz CT molecular complexity index is 851. The summed E-state index contributed by atoms with van der Waals surface area (Å²) >= 11 is 0. The van der Waals surface area contributed by atoms with Crippen molar-refractivity contribution in [1.29, 1.82) is 0 Å². The zero-order valence-corrected chi connectivity index (χ0v) is 16.8. The molecule has 3 heterocycles. The Morgan fingerprint density at radius 2 is 2.07 bits per heavy atom. The Labute approximate surface area is 164 Å². The molecule has 1 fully saturated rings. The average molecular weight is 389 g/mol. The Hall–Kier alpha value is -2.72. The van der Waals surface area contributed by atoms with Crippen molar-refractivity contribution in [3.8, 4) is 0 Å². The van der Waals surface area contributed by atoms with Gasteiger partial charge in [0.15, 0.2) is 11.5 Å². The summed E-state index contributed by atoms with van der Waals surface area (Å²) in [5.74, 6) is 0.528. The van der Waals surface area contributed by atoms with Gasteiger partial charge < -0.3 is 19.9 Å². The second-order valence-corrected chi connectivity index (χ2v) is 7.07. The number of hydrogen-bond acceptors (Lipinski definition) is 6. The average Bonchev–Trinajstić information content (AvgIpc) is 3.11. The summed E-state index contributed by atoms with van der Waals surface area (Å²) in [5.41, 5.74) is 1.18. The van der Waals surface area contributed by atoms with E-state index in [0.717, 1.165) is 6.54 Å². The highest BCUT2D eigenvalue weighted by atomic mass is 16.5. The Morgan fingerprint density at radius 3 is 2.79 bits per heavy atom. The minimum Gasteiger partial charge on any atom is -0.383 e. The first-order chi connectivity index (χ1) is 13.4. The van der Waals surface area contributed by atoms with Gasteiger partial charge in [-0.15, -0.1) is 10.2 Å². The van der Waals surface area contributed by atoms with Gasteiger partial charge in [0.05, 0.1) is 18.2 Å². The third kappa shape index (κ3) is 4.07. The molecule has 1 N–H and O–H groups in total. The van der Waals surface area contributed by atoms with Gasteiger partial charge in [0.2, 0.25) is 0 Å². The molecule has 1 aliphatic rings. The number of urea groups is 1. The quantitative estimate of drug-likeness (QED) is 0.728. The molecule has 28 heavy (non-hydrogen) atoms. The van der Waals surface area contributed by atoms with Crippen LogP contribution in [0.25, 0.3) is 5.65 Å². The molecular weight excluding hydrogens is 362 g/mol. The Morgan fingerprint density at radius 1 is 1.29 bits per heavy atom. The molecule has 0 unspecified atom stereocenters. The van der Waals surface area contributed by atoms with Crippen LogP contribution in [0.2, 0.25) is 0 Å². The van der Waals surface area contributed by atoms with Gasteiger partial charge in [0.25, 0.3) is 5.91 Å². The van der Waals surface area contributed by atoms with Crippen LogP contribution in [0.15, 0.2) is 18.3 Å². The minimum atomic E-state index is -0.181. The molecule has 3 amide bonds. The van der Waals surface area contributed by atoms with Crippen LogP contribution in [-0.4, -0.2) is 102 Å². The summed E-state index contributed by atoms with van der Waals surface area (Å²) in [5, 5.41) is 11.4. The van der Waals surface area contributed by atoms with Crippen molar-refractivity contribution in [1.82, 2.24) is 34.6 Å². The SMILES string of the molecule is COCCNC(=O)c1ccc2nnc([C@H]3CN(C(=O)N(C)C)CCN3C)n2c1. The van der Waals surface area contributed by atoms with Crippen molar-refractivity contribution in [3.63, 3.8) is 0 Å². The number of rotatable bonds is 5. The van der Waals surface area contributed by atoms with E-state index in [1.807, 2.05) is 16.3 Å². The number of amides is 3. The molecule has 1 aliphatic heterocycles. The highest BCUT2D eigenvalue weighted by molar-refractivity contribution is 5.94. The lowest BCUT2D eigenvalue weighted by atomic mass is 10.1. The smallest absolute Gasteiger partial charge is 0.319 e.